The van der Waals surface area contributed by atoms with E-state index in [0.29, 0.717) is 29.3 Å². The van der Waals surface area contributed by atoms with Crippen molar-refractivity contribution in [1.29, 1.82) is 0 Å². The van der Waals surface area contributed by atoms with E-state index in [1.807, 2.05) is 25.1 Å². The first-order valence-corrected chi connectivity index (χ1v) is 13.9. The van der Waals surface area contributed by atoms with Gasteiger partial charge in [0.05, 0.1) is 16.3 Å². The third-order valence-electron chi connectivity index (χ3n) is 7.39. The number of hydrogen-bond acceptors (Lipinski definition) is 6. The van der Waals surface area contributed by atoms with Crippen molar-refractivity contribution in [3.8, 4) is 17.4 Å². The van der Waals surface area contributed by atoms with Gasteiger partial charge in [-0.2, -0.15) is 4.31 Å². The number of benzene rings is 3. The van der Waals surface area contributed by atoms with Crippen LogP contribution in [0.3, 0.4) is 0 Å². The van der Waals surface area contributed by atoms with Crippen LogP contribution in [0.2, 0.25) is 0 Å². The van der Waals surface area contributed by atoms with Gasteiger partial charge in [-0.3, -0.25) is 9.47 Å². The number of nitrogens with zero attached hydrogens (tertiary/aromatic N) is 3. The zero-order valence-electron chi connectivity index (χ0n) is 20.7. The van der Waals surface area contributed by atoms with Gasteiger partial charge in [-0.05, 0) is 38.0 Å². The Labute approximate surface area is 220 Å². The molecule has 3 aromatic carbocycles. The number of piperidine rings is 1. The van der Waals surface area contributed by atoms with Crippen molar-refractivity contribution in [2.75, 3.05) is 18.0 Å². The van der Waals surface area contributed by atoms with E-state index < -0.39 is 16.1 Å². The summed E-state index contributed by atoms with van der Waals surface area (Å²) in [5.74, 6) is -0.309. The molecule has 1 amide bonds. The average Bonchev–Trinajstić information content (AvgIpc) is 3.25. The van der Waals surface area contributed by atoms with Gasteiger partial charge in [-0.1, -0.05) is 42.0 Å². The summed E-state index contributed by atoms with van der Waals surface area (Å²) in [7, 11) is -3.86. The highest BCUT2D eigenvalue weighted by Gasteiger charge is 2.37. The number of rotatable bonds is 4. The van der Waals surface area contributed by atoms with Crippen LogP contribution in [0, 0.1) is 6.92 Å². The largest absolute Gasteiger partial charge is 0.494 e. The van der Waals surface area contributed by atoms with Gasteiger partial charge in [-0.15, -0.1) is 0 Å². The number of aromatic nitrogens is 1. The number of cyclic esters (lactones) is 1. The standard InChI is InChI=1S/C28H27N3O6S/c1-18-8-9-23-19(16-18)17-37-28(34)30(23)20-12-14-29(15-13-20)38(35,36)25-7-3-4-21-22(25)5-2-6-24(21)31-26(32)10-11-27(31)33/h2-11,16,20,32-33H,12-15,17H2,1H3. The Morgan fingerprint density at radius 3 is 2.29 bits per heavy atom. The van der Waals surface area contributed by atoms with Crippen molar-refractivity contribution in [1.82, 2.24) is 8.87 Å². The highest BCUT2D eigenvalue weighted by Crippen LogP contribution is 2.36. The number of carbonyl (C=O) groups is 1. The first kappa shape index (κ1) is 24.3. The van der Waals surface area contributed by atoms with Gasteiger partial charge in [0.2, 0.25) is 10.0 Å². The number of anilines is 1. The van der Waals surface area contributed by atoms with Crippen LogP contribution in [0.1, 0.15) is 24.0 Å². The zero-order chi connectivity index (χ0) is 26.6. The van der Waals surface area contributed by atoms with Gasteiger partial charge in [0.25, 0.3) is 0 Å². The summed E-state index contributed by atoms with van der Waals surface area (Å²) in [6.45, 7) is 2.74. The lowest BCUT2D eigenvalue weighted by Gasteiger charge is -2.40. The second kappa shape index (κ2) is 9.07. The number of fused-ring (bicyclic) bond motifs is 2. The molecular weight excluding hydrogens is 506 g/mol. The van der Waals surface area contributed by atoms with E-state index in [4.69, 9.17) is 4.74 Å². The molecule has 2 aliphatic heterocycles. The van der Waals surface area contributed by atoms with Gasteiger partial charge < -0.3 is 14.9 Å². The van der Waals surface area contributed by atoms with Crippen molar-refractivity contribution >= 4 is 32.6 Å². The third kappa shape index (κ3) is 3.88. The van der Waals surface area contributed by atoms with E-state index in [2.05, 4.69) is 0 Å². The van der Waals surface area contributed by atoms with Crippen molar-refractivity contribution in [2.45, 2.75) is 37.3 Å². The fraction of sp³-hybridized carbons (Fsp3) is 0.250. The summed E-state index contributed by atoms with van der Waals surface area (Å²) in [6.07, 6.45) is 0.548. The Kier molecular flexibility index (Phi) is 5.81. The maximum absolute atomic E-state index is 13.8. The minimum Gasteiger partial charge on any atom is -0.494 e. The molecule has 0 spiro atoms. The summed E-state index contributed by atoms with van der Waals surface area (Å²) in [5.41, 5.74) is 3.33. The summed E-state index contributed by atoms with van der Waals surface area (Å²) in [6, 6.07) is 18.6. The summed E-state index contributed by atoms with van der Waals surface area (Å²) >= 11 is 0. The maximum atomic E-state index is 13.8. The number of amides is 1. The van der Waals surface area contributed by atoms with Gasteiger partial charge in [0.1, 0.15) is 6.61 Å². The lowest BCUT2D eigenvalue weighted by atomic mass is 10.0. The molecule has 0 unspecified atom stereocenters. The Morgan fingerprint density at radius 2 is 1.55 bits per heavy atom. The number of carbonyl (C=O) groups excluding carboxylic acids is 1. The van der Waals surface area contributed by atoms with E-state index in [9.17, 15) is 23.4 Å². The molecule has 1 saturated heterocycles. The van der Waals surface area contributed by atoms with Crippen LogP contribution in [0.15, 0.2) is 71.6 Å². The average molecular weight is 534 g/mol. The first-order valence-electron chi connectivity index (χ1n) is 12.4. The molecule has 1 fully saturated rings. The second-order valence-electron chi connectivity index (χ2n) is 9.71. The zero-order valence-corrected chi connectivity index (χ0v) is 21.6. The fourth-order valence-electron chi connectivity index (χ4n) is 5.54. The number of sulfonamides is 1. The SMILES string of the molecule is Cc1ccc2c(c1)COC(=O)N2C1CCN(S(=O)(=O)c2cccc3c(-n4c(O)ccc4O)cccc23)CC1. The predicted octanol–water partition coefficient (Wildman–Crippen LogP) is 4.66. The molecule has 3 heterocycles. The molecule has 9 nitrogen and oxygen atoms in total. The fourth-order valence-corrected chi connectivity index (χ4v) is 7.22. The minimum atomic E-state index is -3.86. The van der Waals surface area contributed by atoms with Crippen LogP contribution < -0.4 is 4.90 Å². The van der Waals surface area contributed by atoms with Crippen LogP contribution in [-0.4, -0.2) is 52.7 Å². The summed E-state index contributed by atoms with van der Waals surface area (Å²) in [4.78, 5) is 14.5. The monoisotopic (exact) mass is 533 g/mol. The van der Waals surface area contributed by atoms with Crippen LogP contribution >= 0.6 is 0 Å². The Balaban J connectivity index is 1.29. The van der Waals surface area contributed by atoms with Gasteiger partial charge in [-0.25, -0.2) is 13.2 Å². The van der Waals surface area contributed by atoms with Crippen LogP contribution in [-0.2, 0) is 21.4 Å². The number of ether oxygens (including phenoxy) is 1. The normalized spacial score (nSPS) is 17.0. The Morgan fingerprint density at radius 1 is 0.868 bits per heavy atom. The molecule has 6 rings (SSSR count). The molecule has 2 aliphatic rings. The molecule has 4 aromatic rings. The van der Waals surface area contributed by atoms with Gasteiger partial charge >= 0.3 is 6.09 Å². The molecule has 196 valence electrons. The quantitative estimate of drug-likeness (QED) is 0.395. The maximum Gasteiger partial charge on any atom is 0.414 e. The minimum absolute atomic E-state index is 0.152. The molecule has 0 atom stereocenters. The Bertz CT molecular complexity index is 1650. The molecule has 38 heavy (non-hydrogen) atoms. The van der Waals surface area contributed by atoms with Crippen molar-refractivity contribution < 1.29 is 28.2 Å². The highest BCUT2D eigenvalue weighted by atomic mass is 32.2. The predicted molar refractivity (Wildman–Crippen MR) is 142 cm³/mol. The lowest BCUT2D eigenvalue weighted by Crippen LogP contribution is -2.50. The molecule has 0 bridgehead atoms. The number of aryl methyl sites for hydroxylation is 1. The number of aromatic hydroxyl groups is 2. The lowest BCUT2D eigenvalue weighted by molar-refractivity contribution is 0.135. The molecule has 0 aliphatic carbocycles. The summed E-state index contributed by atoms with van der Waals surface area (Å²) in [5, 5.41) is 21.6. The van der Waals surface area contributed by atoms with E-state index in [0.717, 1.165) is 16.8 Å². The van der Waals surface area contributed by atoms with Crippen LogP contribution in [0.5, 0.6) is 11.8 Å². The second-order valence-corrected chi connectivity index (χ2v) is 11.6. The molecule has 1 aromatic heterocycles. The van der Waals surface area contributed by atoms with Crippen LogP contribution in [0.25, 0.3) is 16.5 Å². The topological polar surface area (TPSA) is 112 Å². The molecule has 0 radical (unpaired) electrons. The van der Waals surface area contributed by atoms with E-state index in [1.54, 1.807) is 41.3 Å². The molecule has 10 heteroatoms. The van der Waals surface area contributed by atoms with Crippen molar-refractivity contribution in [2.24, 2.45) is 0 Å². The summed E-state index contributed by atoms with van der Waals surface area (Å²) < 4.78 is 35.8. The van der Waals surface area contributed by atoms with Crippen molar-refractivity contribution in [3.63, 3.8) is 0 Å². The van der Waals surface area contributed by atoms with Gasteiger partial charge in [0, 0.05) is 47.6 Å². The van der Waals surface area contributed by atoms with E-state index in [-0.39, 0.29) is 42.4 Å². The van der Waals surface area contributed by atoms with Crippen molar-refractivity contribution in [3.05, 3.63) is 77.9 Å². The first-order chi connectivity index (χ1) is 18.3. The van der Waals surface area contributed by atoms with Gasteiger partial charge in [0.15, 0.2) is 11.8 Å². The van der Waals surface area contributed by atoms with Crippen LogP contribution in [0.4, 0.5) is 10.5 Å². The molecule has 2 N–H and O–H groups in total. The smallest absolute Gasteiger partial charge is 0.414 e. The molecular formula is C28H27N3O6S. The highest BCUT2D eigenvalue weighted by molar-refractivity contribution is 7.89. The third-order valence-corrected chi connectivity index (χ3v) is 9.35. The Hall–Kier alpha value is -4.02. The van der Waals surface area contributed by atoms with E-state index >= 15 is 0 Å². The number of hydrogen-bond donors (Lipinski definition) is 2. The molecule has 0 saturated carbocycles. The van der Waals surface area contributed by atoms with E-state index in [1.165, 1.54) is 21.0 Å².